The van der Waals surface area contributed by atoms with Gasteiger partial charge in [0.15, 0.2) is 0 Å². The zero-order chi connectivity index (χ0) is 10.7. The molecule has 0 amide bonds. The Bertz CT molecular complexity index is 331. The van der Waals surface area contributed by atoms with Crippen LogP contribution in [0.25, 0.3) is 0 Å². The zero-order valence-corrected chi connectivity index (χ0v) is 9.33. The normalized spacial score (nSPS) is 19.0. The molecular formula is C14H18O. The number of hydrogen-bond acceptors (Lipinski definition) is 1. The Morgan fingerprint density at radius 1 is 1.20 bits per heavy atom. The molecule has 80 valence electrons. The van der Waals surface area contributed by atoms with Gasteiger partial charge in [0.05, 0.1) is 0 Å². The molecule has 1 nitrogen and oxygen atoms in total. The van der Waals surface area contributed by atoms with Gasteiger partial charge >= 0.3 is 0 Å². The molecule has 1 aliphatic rings. The van der Waals surface area contributed by atoms with Crippen LogP contribution < -0.4 is 0 Å². The van der Waals surface area contributed by atoms with Crippen LogP contribution in [0.3, 0.4) is 0 Å². The Labute approximate surface area is 91.5 Å². The van der Waals surface area contributed by atoms with Gasteiger partial charge in [-0.1, -0.05) is 42.7 Å². The highest BCUT2D eigenvalue weighted by Gasteiger charge is 2.34. The summed E-state index contributed by atoms with van der Waals surface area (Å²) in [5, 5.41) is 0. The van der Waals surface area contributed by atoms with E-state index in [9.17, 15) is 4.79 Å². The summed E-state index contributed by atoms with van der Waals surface area (Å²) in [5.74, 6) is 0. The number of aldehydes is 1. The summed E-state index contributed by atoms with van der Waals surface area (Å²) in [7, 11) is 0. The lowest BCUT2D eigenvalue weighted by atomic mass is 9.76. The van der Waals surface area contributed by atoms with Gasteiger partial charge in [-0.15, -0.1) is 0 Å². The molecule has 0 aliphatic heterocycles. The monoisotopic (exact) mass is 202 g/mol. The average molecular weight is 202 g/mol. The summed E-state index contributed by atoms with van der Waals surface area (Å²) in [6.07, 6.45) is 6.66. The Morgan fingerprint density at radius 3 is 2.33 bits per heavy atom. The summed E-state index contributed by atoms with van der Waals surface area (Å²) in [5.41, 5.74) is 2.81. The largest absolute Gasteiger partial charge is 0.303 e. The first-order valence-electron chi connectivity index (χ1n) is 5.78. The van der Waals surface area contributed by atoms with Crippen LogP contribution in [-0.4, -0.2) is 6.29 Å². The number of rotatable bonds is 3. The predicted octanol–water partition coefficient (Wildman–Crippen LogP) is 3.40. The molecule has 0 heterocycles. The first-order chi connectivity index (χ1) is 7.27. The third-order valence-electron chi connectivity index (χ3n) is 3.70. The molecule has 0 radical (unpaired) electrons. The van der Waals surface area contributed by atoms with E-state index in [0.29, 0.717) is 6.42 Å². The van der Waals surface area contributed by atoms with Crippen molar-refractivity contribution in [3.05, 3.63) is 35.4 Å². The number of hydrogen-bond donors (Lipinski definition) is 0. The molecule has 0 spiro atoms. The first-order valence-corrected chi connectivity index (χ1v) is 5.78. The van der Waals surface area contributed by atoms with Gasteiger partial charge in [-0.05, 0) is 25.3 Å². The molecule has 15 heavy (non-hydrogen) atoms. The number of carbonyl (C=O) groups is 1. The fourth-order valence-electron chi connectivity index (χ4n) is 2.73. The molecule has 0 aromatic heterocycles. The van der Waals surface area contributed by atoms with E-state index in [1.807, 2.05) is 0 Å². The van der Waals surface area contributed by atoms with E-state index in [1.54, 1.807) is 0 Å². The second-order valence-electron chi connectivity index (χ2n) is 4.72. The summed E-state index contributed by atoms with van der Waals surface area (Å²) in [6, 6.07) is 8.70. The van der Waals surface area contributed by atoms with Crippen molar-refractivity contribution in [2.24, 2.45) is 0 Å². The number of aryl methyl sites for hydroxylation is 1. The molecule has 1 aromatic rings. The Morgan fingerprint density at radius 2 is 1.80 bits per heavy atom. The van der Waals surface area contributed by atoms with Crippen molar-refractivity contribution in [1.29, 1.82) is 0 Å². The van der Waals surface area contributed by atoms with Gasteiger partial charge in [0.1, 0.15) is 6.29 Å². The van der Waals surface area contributed by atoms with Crippen LogP contribution in [-0.2, 0) is 10.2 Å². The minimum absolute atomic E-state index is 0.162. The van der Waals surface area contributed by atoms with Crippen LogP contribution >= 0.6 is 0 Å². The number of benzene rings is 1. The van der Waals surface area contributed by atoms with Gasteiger partial charge in [-0.2, -0.15) is 0 Å². The van der Waals surface area contributed by atoms with Crippen molar-refractivity contribution in [2.45, 2.75) is 44.4 Å². The van der Waals surface area contributed by atoms with Crippen molar-refractivity contribution < 1.29 is 4.79 Å². The highest BCUT2D eigenvalue weighted by Crippen LogP contribution is 2.43. The molecule has 0 unspecified atom stereocenters. The van der Waals surface area contributed by atoms with Crippen LogP contribution in [0.5, 0.6) is 0 Å². The Balaban J connectivity index is 2.31. The van der Waals surface area contributed by atoms with Crippen LogP contribution in [0.2, 0.25) is 0 Å². The summed E-state index contributed by atoms with van der Waals surface area (Å²) >= 11 is 0. The smallest absolute Gasteiger partial charge is 0.120 e. The first kappa shape index (κ1) is 10.4. The predicted molar refractivity (Wildman–Crippen MR) is 62.0 cm³/mol. The van der Waals surface area contributed by atoms with Crippen molar-refractivity contribution in [2.75, 3.05) is 0 Å². The quantitative estimate of drug-likeness (QED) is 0.687. The SMILES string of the molecule is Cc1ccc(C2(CC=O)CCCC2)cc1. The second-order valence-corrected chi connectivity index (χ2v) is 4.72. The Kier molecular flexibility index (Phi) is 2.90. The van der Waals surface area contributed by atoms with Gasteiger partial charge in [0.2, 0.25) is 0 Å². The van der Waals surface area contributed by atoms with E-state index in [2.05, 4.69) is 31.2 Å². The highest BCUT2D eigenvalue weighted by atomic mass is 16.1. The molecule has 1 fully saturated rings. The Hall–Kier alpha value is -1.11. The molecule has 1 saturated carbocycles. The summed E-state index contributed by atoms with van der Waals surface area (Å²) < 4.78 is 0. The third-order valence-corrected chi connectivity index (χ3v) is 3.70. The van der Waals surface area contributed by atoms with Crippen molar-refractivity contribution in [1.82, 2.24) is 0 Å². The van der Waals surface area contributed by atoms with E-state index >= 15 is 0 Å². The molecule has 0 bridgehead atoms. The van der Waals surface area contributed by atoms with Crippen molar-refractivity contribution in [3.8, 4) is 0 Å². The maximum atomic E-state index is 10.8. The summed E-state index contributed by atoms with van der Waals surface area (Å²) in [6.45, 7) is 2.10. The van der Waals surface area contributed by atoms with Gasteiger partial charge in [-0.25, -0.2) is 0 Å². The van der Waals surface area contributed by atoms with E-state index in [4.69, 9.17) is 0 Å². The molecule has 0 N–H and O–H groups in total. The van der Waals surface area contributed by atoms with E-state index in [-0.39, 0.29) is 5.41 Å². The third kappa shape index (κ3) is 1.97. The minimum Gasteiger partial charge on any atom is -0.303 e. The molecule has 2 rings (SSSR count). The van der Waals surface area contributed by atoms with Crippen molar-refractivity contribution >= 4 is 6.29 Å². The second kappa shape index (κ2) is 4.18. The highest BCUT2D eigenvalue weighted by molar-refractivity contribution is 5.54. The fraction of sp³-hybridized carbons (Fsp3) is 0.500. The zero-order valence-electron chi connectivity index (χ0n) is 9.33. The average Bonchev–Trinajstić information content (AvgIpc) is 2.69. The topological polar surface area (TPSA) is 17.1 Å². The van der Waals surface area contributed by atoms with E-state index < -0.39 is 0 Å². The molecule has 1 aromatic carbocycles. The molecule has 1 heteroatoms. The van der Waals surface area contributed by atoms with Crippen LogP contribution in [0, 0.1) is 6.92 Å². The standard InChI is InChI=1S/C14H18O/c1-12-4-6-13(7-5-12)14(10-11-15)8-2-3-9-14/h4-7,11H,2-3,8-10H2,1H3. The van der Waals surface area contributed by atoms with Crippen LogP contribution in [0.4, 0.5) is 0 Å². The lowest BCUT2D eigenvalue weighted by Gasteiger charge is -2.27. The molecule has 0 atom stereocenters. The lowest BCUT2D eigenvalue weighted by Crippen LogP contribution is -2.22. The number of carbonyl (C=O) groups excluding carboxylic acids is 1. The van der Waals surface area contributed by atoms with E-state index in [0.717, 1.165) is 6.29 Å². The van der Waals surface area contributed by atoms with E-state index in [1.165, 1.54) is 36.8 Å². The maximum Gasteiger partial charge on any atom is 0.120 e. The minimum atomic E-state index is 0.162. The summed E-state index contributed by atoms with van der Waals surface area (Å²) in [4.78, 5) is 10.8. The van der Waals surface area contributed by atoms with Crippen LogP contribution in [0.15, 0.2) is 24.3 Å². The maximum absolute atomic E-state index is 10.8. The van der Waals surface area contributed by atoms with Gasteiger partial charge in [0, 0.05) is 11.8 Å². The fourth-order valence-corrected chi connectivity index (χ4v) is 2.73. The molecule has 1 aliphatic carbocycles. The van der Waals surface area contributed by atoms with Gasteiger partial charge < -0.3 is 4.79 Å². The van der Waals surface area contributed by atoms with Gasteiger partial charge in [0.25, 0.3) is 0 Å². The van der Waals surface area contributed by atoms with Gasteiger partial charge in [-0.3, -0.25) is 0 Å². The van der Waals surface area contributed by atoms with Crippen molar-refractivity contribution in [3.63, 3.8) is 0 Å². The lowest BCUT2D eigenvalue weighted by molar-refractivity contribution is -0.108. The van der Waals surface area contributed by atoms with Crippen LogP contribution in [0.1, 0.15) is 43.2 Å². The molecular weight excluding hydrogens is 184 g/mol. The molecule has 0 saturated heterocycles.